The molecule has 7 nitrogen and oxygen atoms in total. The van der Waals surface area contributed by atoms with Crippen molar-refractivity contribution in [3.63, 3.8) is 0 Å². The zero-order valence-electron chi connectivity index (χ0n) is 15.5. The van der Waals surface area contributed by atoms with Crippen molar-refractivity contribution in [3.05, 3.63) is 52.0 Å². The van der Waals surface area contributed by atoms with E-state index in [9.17, 15) is 4.79 Å². The highest BCUT2D eigenvalue weighted by atomic mass is 79.9. The summed E-state index contributed by atoms with van der Waals surface area (Å²) >= 11 is 5.98. The van der Waals surface area contributed by atoms with Gasteiger partial charge in [0.1, 0.15) is 0 Å². The Hall–Kier alpha value is -2.43. The van der Waals surface area contributed by atoms with Crippen LogP contribution in [0.2, 0.25) is 0 Å². The van der Waals surface area contributed by atoms with Gasteiger partial charge in [0.25, 0.3) is 0 Å². The van der Waals surface area contributed by atoms with E-state index < -0.39 is 0 Å². The molecule has 4 rings (SSSR count). The maximum Gasteiger partial charge on any atom is 0.236 e. The third kappa shape index (κ3) is 4.60. The largest absolute Gasteiger partial charge is 0.446 e. The predicted octanol–water partition coefficient (Wildman–Crippen LogP) is 5.00. The standard InChI is InChI=1S/C19H16BrN5O2S2/c1-11-3-5-12(6-4-11)13-9-28-18(21-13)22-16(26)10-29-19-24-23-17(25(19)2)14-7-8-15(20)27-14/h3-9H,10H2,1-2H3,(H,21,22,26). The van der Waals surface area contributed by atoms with Crippen molar-refractivity contribution in [2.45, 2.75) is 12.1 Å². The average molecular weight is 490 g/mol. The summed E-state index contributed by atoms with van der Waals surface area (Å²) in [4.78, 5) is 16.8. The fourth-order valence-corrected chi connectivity index (χ4v) is 4.32. The normalized spacial score (nSPS) is 11.0. The maximum absolute atomic E-state index is 12.3. The fraction of sp³-hybridized carbons (Fsp3) is 0.158. The van der Waals surface area contributed by atoms with Crippen molar-refractivity contribution in [3.8, 4) is 22.8 Å². The molecule has 1 N–H and O–H groups in total. The lowest BCUT2D eigenvalue weighted by Crippen LogP contribution is -2.14. The van der Waals surface area contributed by atoms with Crippen molar-refractivity contribution in [2.75, 3.05) is 11.1 Å². The van der Waals surface area contributed by atoms with Crippen molar-refractivity contribution < 1.29 is 9.21 Å². The molecule has 3 aromatic heterocycles. The van der Waals surface area contributed by atoms with Crippen molar-refractivity contribution >= 4 is 50.1 Å². The molecule has 3 heterocycles. The summed E-state index contributed by atoms with van der Waals surface area (Å²) in [5.41, 5.74) is 3.07. The zero-order chi connectivity index (χ0) is 20.4. The quantitative estimate of drug-likeness (QED) is 0.383. The van der Waals surface area contributed by atoms with Crippen molar-refractivity contribution in [1.29, 1.82) is 0 Å². The molecule has 0 aliphatic heterocycles. The van der Waals surface area contributed by atoms with Gasteiger partial charge < -0.3 is 14.3 Å². The van der Waals surface area contributed by atoms with Crippen LogP contribution in [0.3, 0.4) is 0 Å². The van der Waals surface area contributed by atoms with Crippen LogP contribution in [0.25, 0.3) is 22.8 Å². The number of nitrogens with one attached hydrogen (secondary N) is 1. The highest BCUT2D eigenvalue weighted by Gasteiger charge is 2.16. The topological polar surface area (TPSA) is 85.8 Å². The Morgan fingerprint density at radius 3 is 2.76 bits per heavy atom. The van der Waals surface area contributed by atoms with Crippen molar-refractivity contribution in [2.24, 2.45) is 7.05 Å². The highest BCUT2D eigenvalue weighted by molar-refractivity contribution is 9.10. The molecule has 0 bridgehead atoms. The van der Waals surface area contributed by atoms with Crippen LogP contribution in [0.4, 0.5) is 5.13 Å². The Balaban J connectivity index is 1.36. The lowest BCUT2D eigenvalue weighted by atomic mass is 10.1. The molecule has 0 aliphatic carbocycles. The van der Waals surface area contributed by atoms with Crippen LogP contribution in [-0.4, -0.2) is 31.4 Å². The number of thiazole rings is 1. The van der Waals surface area contributed by atoms with E-state index in [-0.39, 0.29) is 11.7 Å². The second kappa shape index (κ2) is 8.52. The number of anilines is 1. The lowest BCUT2D eigenvalue weighted by Gasteiger charge is -2.03. The minimum Gasteiger partial charge on any atom is -0.446 e. The lowest BCUT2D eigenvalue weighted by molar-refractivity contribution is -0.113. The Bertz CT molecular complexity index is 1150. The van der Waals surface area contributed by atoms with E-state index in [4.69, 9.17) is 4.42 Å². The van der Waals surface area contributed by atoms with Gasteiger partial charge in [-0.2, -0.15) is 0 Å². The van der Waals surface area contributed by atoms with Gasteiger partial charge in [-0.05, 0) is 35.0 Å². The summed E-state index contributed by atoms with van der Waals surface area (Å²) in [7, 11) is 1.83. The van der Waals surface area contributed by atoms with Gasteiger partial charge in [-0.3, -0.25) is 4.79 Å². The molecule has 0 fully saturated rings. The molecule has 4 aromatic rings. The Morgan fingerprint density at radius 2 is 2.03 bits per heavy atom. The molecule has 0 saturated heterocycles. The molecule has 0 spiro atoms. The highest BCUT2D eigenvalue weighted by Crippen LogP contribution is 2.27. The van der Waals surface area contributed by atoms with Gasteiger partial charge in [0.2, 0.25) is 5.91 Å². The summed E-state index contributed by atoms with van der Waals surface area (Å²) in [6.07, 6.45) is 0. The molecule has 0 aliphatic rings. The molecule has 1 aromatic carbocycles. The van der Waals surface area contributed by atoms with Gasteiger partial charge in [0, 0.05) is 18.0 Å². The van der Waals surface area contributed by atoms with Crippen LogP contribution in [-0.2, 0) is 11.8 Å². The first-order chi connectivity index (χ1) is 14.0. The summed E-state index contributed by atoms with van der Waals surface area (Å²) in [5.74, 6) is 1.26. The van der Waals surface area contributed by atoms with E-state index in [0.717, 1.165) is 11.3 Å². The Labute approximate surface area is 183 Å². The molecule has 0 unspecified atom stereocenters. The van der Waals surface area contributed by atoms with Gasteiger partial charge in [0.05, 0.1) is 11.4 Å². The van der Waals surface area contributed by atoms with Crippen LogP contribution < -0.4 is 5.32 Å². The molecule has 1 amide bonds. The number of hydrogen-bond acceptors (Lipinski definition) is 7. The van der Waals surface area contributed by atoms with E-state index in [2.05, 4.69) is 36.4 Å². The summed E-state index contributed by atoms with van der Waals surface area (Å²) in [6, 6.07) is 11.7. The number of hydrogen-bond donors (Lipinski definition) is 1. The third-order valence-electron chi connectivity index (χ3n) is 4.06. The maximum atomic E-state index is 12.3. The number of rotatable bonds is 6. The van der Waals surface area contributed by atoms with Gasteiger partial charge in [-0.1, -0.05) is 41.6 Å². The van der Waals surface area contributed by atoms with Crippen LogP contribution in [0.15, 0.2) is 56.0 Å². The fourth-order valence-electron chi connectivity index (χ4n) is 2.56. The van der Waals surface area contributed by atoms with Gasteiger partial charge >= 0.3 is 0 Å². The van der Waals surface area contributed by atoms with Gasteiger partial charge in [-0.25, -0.2) is 4.98 Å². The SMILES string of the molecule is Cc1ccc(-c2csc(NC(=O)CSc3nnc(-c4ccc(Br)o4)n3C)n2)cc1. The summed E-state index contributed by atoms with van der Waals surface area (Å²) in [6.45, 7) is 2.04. The number of carbonyl (C=O) groups is 1. The summed E-state index contributed by atoms with van der Waals surface area (Å²) in [5, 5.41) is 14.3. The molecular formula is C19H16BrN5O2S2. The molecule has 148 valence electrons. The number of benzene rings is 1. The van der Waals surface area contributed by atoms with Crippen LogP contribution in [0.5, 0.6) is 0 Å². The van der Waals surface area contributed by atoms with E-state index in [1.807, 2.05) is 49.7 Å². The first-order valence-corrected chi connectivity index (χ1v) is 11.3. The third-order valence-corrected chi connectivity index (χ3v) is 6.26. The number of amides is 1. The number of thioether (sulfide) groups is 1. The Kier molecular flexibility index (Phi) is 5.84. The number of carbonyl (C=O) groups excluding carboxylic acids is 1. The first kappa shape index (κ1) is 19.9. The molecule has 0 radical (unpaired) electrons. The second-order valence-electron chi connectivity index (χ2n) is 6.21. The van der Waals surface area contributed by atoms with Crippen LogP contribution >= 0.6 is 39.0 Å². The van der Waals surface area contributed by atoms with Crippen LogP contribution in [0.1, 0.15) is 5.56 Å². The minimum absolute atomic E-state index is 0.148. The molecule has 0 atom stereocenters. The second-order valence-corrected chi connectivity index (χ2v) is 8.79. The molecule has 0 saturated carbocycles. The number of halogens is 1. The average Bonchev–Trinajstić information content (AvgIpc) is 3.41. The molecular weight excluding hydrogens is 474 g/mol. The zero-order valence-corrected chi connectivity index (χ0v) is 18.8. The minimum atomic E-state index is -0.148. The van der Waals surface area contributed by atoms with Crippen molar-refractivity contribution in [1.82, 2.24) is 19.7 Å². The number of aryl methyl sites for hydroxylation is 1. The predicted molar refractivity (Wildman–Crippen MR) is 118 cm³/mol. The first-order valence-electron chi connectivity index (χ1n) is 8.60. The summed E-state index contributed by atoms with van der Waals surface area (Å²) < 4.78 is 7.93. The number of aromatic nitrogens is 4. The smallest absolute Gasteiger partial charge is 0.236 e. The van der Waals surface area contributed by atoms with E-state index >= 15 is 0 Å². The van der Waals surface area contributed by atoms with E-state index in [1.165, 1.54) is 28.7 Å². The van der Waals surface area contributed by atoms with E-state index in [1.54, 1.807) is 10.6 Å². The van der Waals surface area contributed by atoms with Crippen LogP contribution in [0, 0.1) is 6.92 Å². The van der Waals surface area contributed by atoms with Gasteiger partial charge in [-0.15, -0.1) is 21.5 Å². The Morgan fingerprint density at radius 1 is 1.24 bits per heavy atom. The molecule has 29 heavy (non-hydrogen) atoms. The van der Waals surface area contributed by atoms with E-state index in [0.29, 0.717) is 26.5 Å². The number of nitrogens with zero attached hydrogens (tertiary/aromatic N) is 4. The van der Waals surface area contributed by atoms with Gasteiger partial charge in [0.15, 0.2) is 26.5 Å². The monoisotopic (exact) mass is 489 g/mol. The number of furan rings is 1. The molecule has 10 heteroatoms.